The van der Waals surface area contributed by atoms with Crippen LogP contribution in [0.2, 0.25) is 5.02 Å². The number of amides is 1. The molecule has 0 unspecified atom stereocenters. The Balaban J connectivity index is 2.11. The zero-order valence-electron chi connectivity index (χ0n) is 17.1. The van der Waals surface area contributed by atoms with Crippen LogP contribution in [0.5, 0.6) is 0 Å². The predicted molar refractivity (Wildman–Crippen MR) is 116 cm³/mol. The maximum Gasteiger partial charge on any atom is 0.271 e. The van der Waals surface area contributed by atoms with Crippen LogP contribution in [-0.2, 0) is 9.84 Å². The molecule has 1 amide bonds. The minimum absolute atomic E-state index is 0.0452. The van der Waals surface area contributed by atoms with Gasteiger partial charge in [0.1, 0.15) is 17.3 Å². The molecule has 0 bridgehead atoms. The molecular weight excluding hydrogens is 431 g/mol. The highest BCUT2D eigenvalue weighted by Gasteiger charge is 2.21. The van der Waals surface area contributed by atoms with Crippen LogP contribution in [0.3, 0.4) is 0 Å². The molecule has 162 valence electrons. The maximum absolute atomic E-state index is 13.8. The number of carbonyl (C=O) groups is 1. The summed E-state index contributed by atoms with van der Waals surface area (Å²) in [6.45, 7) is 5.55. The van der Waals surface area contributed by atoms with Gasteiger partial charge in [0.15, 0.2) is 9.84 Å². The van der Waals surface area contributed by atoms with E-state index in [1.165, 1.54) is 24.5 Å². The third-order valence-corrected chi connectivity index (χ3v) is 5.19. The number of sulfone groups is 1. The third kappa shape index (κ3) is 6.77. The molecular formula is C20H24ClFN4O3S. The van der Waals surface area contributed by atoms with Gasteiger partial charge in [0.2, 0.25) is 0 Å². The van der Waals surface area contributed by atoms with Crippen molar-refractivity contribution in [2.24, 2.45) is 5.92 Å². The Morgan fingerprint density at radius 2 is 1.90 bits per heavy atom. The Kier molecular flexibility index (Phi) is 7.91. The highest BCUT2D eigenvalue weighted by atomic mass is 35.5. The molecule has 0 aliphatic heterocycles. The molecule has 10 heteroatoms. The van der Waals surface area contributed by atoms with Crippen molar-refractivity contribution in [3.8, 4) is 0 Å². The number of benzene rings is 1. The summed E-state index contributed by atoms with van der Waals surface area (Å²) in [4.78, 5) is 20.6. The van der Waals surface area contributed by atoms with Crippen LogP contribution >= 0.6 is 11.6 Å². The largest absolute Gasteiger partial charge is 0.362 e. The number of nitrogens with zero attached hydrogens (tertiary/aromatic N) is 2. The van der Waals surface area contributed by atoms with E-state index in [0.29, 0.717) is 11.4 Å². The summed E-state index contributed by atoms with van der Waals surface area (Å²) < 4.78 is 36.1. The van der Waals surface area contributed by atoms with Gasteiger partial charge < -0.3 is 10.6 Å². The van der Waals surface area contributed by atoms with Gasteiger partial charge in [0.05, 0.1) is 23.5 Å². The summed E-state index contributed by atoms with van der Waals surface area (Å²) in [7, 11) is -3.27. The lowest BCUT2D eigenvalue weighted by molar-refractivity contribution is 0.0941. The Morgan fingerprint density at radius 1 is 1.20 bits per heavy atom. The van der Waals surface area contributed by atoms with Crippen molar-refractivity contribution in [1.82, 2.24) is 15.3 Å². The molecule has 0 saturated carbocycles. The highest BCUT2D eigenvalue weighted by Crippen LogP contribution is 2.32. The van der Waals surface area contributed by atoms with Gasteiger partial charge in [-0.1, -0.05) is 43.7 Å². The first-order valence-electron chi connectivity index (χ1n) is 9.19. The van der Waals surface area contributed by atoms with Gasteiger partial charge in [-0.15, -0.1) is 0 Å². The number of carbonyl (C=O) groups excluding carboxylic acids is 1. The Hall–Kier alpha value is -2.52. The fraction of sp³-hybridized carbons (Fsp3) is 0.350. The lowest BCUT2D eigenvalue weighted by Crippen LogP contribution is -2.32. The van der Waals surface area contributed by atoms with Crippen LogP contribution in [0.1, 0.15) is 42.9 Å². The van der Waals surface area contributed by atoms with E-state index in [1.807, 2.05) is 13.8 Å². The SMILES string of the molecule is CC(C)[C@@H](Nc1cnc(C(=O)N[C@H](C)/C=C/S(C)(=O)=O)cn1)c1cccc(F)c1Cl. The van der Waals surface area contributed by atoms with Gasteiger partial charge in [0, 0.05) is 17.7 Å². The van der Waals surface area contributed by atoms with Gasteiger partial charge in [0.25, 0.3) is 5.91 Å². The van der Waals surface area contributed by atoms with E-state index < -0.39 is 27.6 Å². The standard InChI is InChI=1S/C20H24ClFN4O3S/c1-12(2)19(14-6-5-7-15(22)18(14)21)26-17-11-23-16(10-24-17)20(27)25-13(3)8-9-30(4,28)29/h5-13,19H,1-4H3,(H,24,26)(H,25,27)/b9-8+/t13-,19-/m1/s1. The second kappa shape index (κ2) is 9.99. The zero-order valence-corrected chi connectivity index (χ0v) is 18.6. The molecule has 2 atom stereocenters. The first-order chi connectivity index (χ1) is 14.0. The molecule has 2 N–H and O–H groups in total. The normalized spacial score (nSPS) is 14.0. The molecule has 0 radical (unpaired) electrons. The molecule has 2 rings (SSSR count). The minimum atomic E-state index is -3.27. The second-order valence-electron chi connectivity index (χ2n) is 7.22. The van der Waals surface area contributed by atoms with Crippen molar-refractivity contribution in [1.29, 1.82) is 0 Å². The van der Waals surface area contributed by atoms with Crippen LogP contribution < -0.4 is 10.6 Å². The molecule has 30 heavy (non-hydrogen) atoms. The van der Waals surface area contributed by atoms with E-state index in [1.54, 1.807) is 19.1 Å². The number of nitrogens with one attached hydrogen (secondary N) is 2. The van der Waals surface area contributed by atoms with Crippen LogP contribution in [0.4, 0.5) is 10.2 Å². The Bertz CT molecular complexity index is 1030. The summed E-state index contributed by atoms with van der Waals surface area (Å²) in [5.41, 5.74) is 0.673. The monoisotopic (exact) mass is 454 g/mol. The van der Waals surface area contributed by atoms with Gasteiger partial charge in [-0.05, 0) is 24.5 Å². The third-order valence-electron chi connectivity index (χ3n) is 4.14. The number of hydrogen-bond donors (Lipinski definition) is 2. The van der Waals surface area contributed by atoms with Gasteiger partial charge in [-0.3, -0.25) is 4.79 Å². The van der Waals surface area contributed by atoms with Crippen LogP contribution in [0.15, 0.2) is 42.1 Å². The number of anilines is 1. The zero-order chi connectivity index (χ0) is 22.5. The predicted octanol–water partition coefficient (Wildman–Crippen LogP) is 3.75. The molecule has 0 spiro atoms. The van der Waals surface area contributed by atoms with Crippen molar-refractivity contribution in [2.75, 3.05) is 11.6 Å². The van der Waals surface area contributed by atoms with Gasteiger partial charge in [-0.25, -0.2) is 22.8 Å². The van der Waals surface area contributed by atoms with Gasteiger partial charge >= 0.3 is 0 Å². The van der Waals surface area contributed by atoms with Gasteiger partial charge in [-0.2, -0.15) is 0 Å². The fourth-order valence-electron chi connectivity index (χ4n) is 2.63. The molecule has 2 aromatic rings. The average molecular weight is 455 g/mol. The van der Waals surface area contributed by atoms with Crippen LogP contribution in [-0.4, -0.2) is 36.6 Å². The Labute approximate surface area is 180 Å². The molecule has 1 heterocycles. The second-order valence-corrected chi connectivity index (χ2v) is 9.53. The number of hydrogen-bond acceptors (Lipinski definition) is 6. The average Bonchev–Trinajstić information content (AvgIpc) is 2.66. The van der Waals surface area contributed by atoms with E-state index in [-0.39, 0.29) is 22.7 Å². The van der Waals surface area contributed by atoms with E-state index in [2.05, 4.69) is 20.6 Å². The fourth-order valence-corrected chi connectivity index (χ4v) is 3.40. The van der Waals surface area contributed by atoms with E-state index in [0.717, 1.165) is 11.7 Å². The van der Waals surface area contributed by atoms with Crippen LogP contribution in [0, 0.1) is 11.7 Å². The molecule has 0 saturated heterocycles. The number of halogens is 2. The van der Waals surface area contributed by atoms with Crippen molar-refractivity contribution >= 4 is 33.2 Å². The molecule has 0 aliphatic carbocycles. The summed E-state index contributed by atoms with van der Waals surface area (Å²) in [6.07, 6.45) is 5.13. The lowest BCUT2D eigenvalue weighted by Gasteiger charge is -2.24. The summed E-state index contributed by atoms with van der Waals surface area (Å²) in [5, 5.41) is 6.86. The van der Waals surface area contributed by atoms with Crippen molar-refractivity contribution in [3.05, 3.63) is 64.2 Å². The smallest absolute Gasteiger partial charge is 0.271 e. The maximum atomic E-state index is 13.8. The van der Waals surface area contributed by atoms with E-state index >= 15 is 0 Å². The van der Waals surface area contributed by atoms with E-state index in [4.69, 9.17) is 11.6 Å². The number of rotatable bonds is 8. The van der Waals surface area contributed by atoms with Crippen molar-refractivity contribution < 1.29 is 17.6 Å². The first kappa shape index (κ1) is 23.8. The molecule has 0 fully saturated rings. The quantitative estimate of drug-likeness (QED) is 0.629. The lowest BCUT2D eigenvalue weighted by atomic mass is 9.96. The summed E-state index contributed by atoms with van der Waals surface area (Å²) in [6, 6.07) is 3.80. The topological polar surface area (TPSA) is 101 Å². The van der Waals surface area contributed by atoms with E-state index in [9.17, 15) is 17.6 Å². The Morgan fingerprint density at radius 3 is 2.47 bits per heavy atom. The molecule has 1 aromatic heterocycles. The molecule has 0 aliphatic rings. The number of aromatic nitrogens is 2. The highest BCUT2D eigenvalue weighted by molar-refractivity contribution is 7.93. The molecule has 7 nitrogen and oxygen atoms in total. The van der Waals surface area contributed by atoms with Crippen LogP contribution in [0.25, 0.3) is 0 Å². The first-order valence-corrected chi connectivity index (χ1v) is 11.5. The summed E-state index contributed by atoms with van der Waals surface area (Å²) >= 11 is 6.12. The minimum Gasteiger partial charge on any atom is -0.362 e. The molecule has 1 aromatic carbocycles. The summed E-state index contributed by atoms with van der Waals surface area (Å²) in [5.74, 6) is -0.529. The van der Waals surface area contributed by atoms with Crippen molar-refractivity contribution in [2.45, 2.75) is 32.9 Å². The van der Waals surface area contributed by atoms with Crippen molar-refractivity contribution in [3.63, 3.8) is 0 Å².